The third-order valence-electron chi connectivity index (χ3n) is 2.20. The van der Waals surface area contributed by atoms with Crippen molar-refractivity contribution in [2.75, 3.05) is 0 Å². The summed E-state index contributed by atoms with van der Waals surface area (Å²) in [5, 5.41) is 9.57. The van der Waals surface area contributed by atoms with Gasteiger partial charge < -0.3 is 9.84 Å². The summed E-state index contributed by atoms with van der Waals surface area (Å²) < 4.78 is 5.09. The Morgan fingerprint density at radius 1 is 1.40 bits per heavy atom. The maximum atomic E-state index is 10.9. The molecule has 0 atom stereocenters. The Kier molecular flexibility index (Phi) is 3.35. The molecule has 0 amide bonds. The molecule has 1 rings (SSSR count). The van der Waals surface area contributed by atoms with Crippen LogP contribution in [-0.2, 0) is 4.79 Å². The molecule has 0 aliphatic heterocycles. The van der Waals surface area contributed by atoms with E-state index >= 15 is 0 Å². The third-order valence-corrected chi connectivity index (χ3v) is 2.20. The summed E-state index contributed by atoms with van der Waals surface area (Å²) in [6.45, 7) is 7.10. The van der Waals surface area contributed by atoms with Crippen molar-refractivity contribution in [1.29, 1.82) is 0 Å². The Morgan fingerprint density at radius 2 is 2.00 bits per heavy atom. The van der Waals surface area contributed by atoms with Gasteiger partial charge >= 0.3 is 5.97 Å². The van der Waals surface area contributed by atoms with E-state index in [4.69, 9.17) is 4.74 Å². The zero-order chi connectivity index (χ0) is 11.6. The predicted octanol–water partition coefficient (Wildman–Crippen LogP) is 2.75. The molecular formula is C12H16O3. The lowest BCUT2D eigenvalue weighted by molar-refractivity contribution is -0.131. The molecule has 1 N–H and O–H groups in total. The van der Waals surface area contributed by atoms with Crippen LogP contribution in [0.25, 0.3) is 0 Å². The highest BCUT2D eigenvalue weighted by Crippen LogP contribution is 2.32. The van der Waals surface area contributed by atoms with Gasteiger partial charge in [-0.05, 0) is 30.5 Å². The van der Waals surface area contributed by atoms with Crippen LogP contribution in [0, 0.1) is 6.92 Å². The minimum Gasteiger partial charge on any atom is -0.508 e. The topological polar surface area (TPSA) is 46.5 Å². The number of hydrogen-bond acceptors (Lipinski definition) is 3. The number of rotatable bonds is 2. The number of aromatic hydroxyl groups is 1. The summed E-state index contributed by atoms with van der Waals surface area (Å²) in [4.78, 5) is 10.9. The fourth-order valence-electron chi connectivity index (χ4n) is 1.38. The highest BCUT2D eigenvalue weighted by molar-refractivity contribution is 5.70. The molecule has 0 aliphatic carbocycles. The molecule has 15 heavy (non-hydrogen) atoms. The fourth-order valence-corrected chi connectivity index (χ4v) is 1.38. The molecular weight excluding hydrogens is 192 g/mol. The molecule has 0 fully saturated rings. The summed E-state index contributed by atoms with van der Waals surface area (Å²) in [6.07, 6.45) is 0. The SMILES string of the molecule is CC(=O)Oc1cc(C)c(O)cc1C(C)C. The smallest absolute Gasteiger partial charge is 0.308 e. The van der Waals surface area contributed by atoms with E-state index in [9.17, 15) is 9.90 Å². The molecule has 0 saturated heterocycles. The summed E-state index contributed by atoms with van der Waals surface area (Å²) in [6, 6.07) is 3.34. The van der Waals surface area contributed by atoms with Crippen molar-refractivity contribution in [2.24, 2.45) is 0 Å². The fraction of sp³-hybridized carbons (Fsp3) is 0.417. The van der Waals surface area contributed by atoms with Crippen LogP contribution in [0.1, 0.15) is 37.8 Å². The van der Waals surface area contributed by atoms with Crippen LogP contribution in [0.3, 0.4) is 0 Å². The largest absolute Gasteiger partial charge is 0.508 e. The molecule has 0 saturated carbocycles. The van der Waals surface area contributed by atoms with Crippen LogP contribution in [-0.4, -0.2) is 11.1 Å². The molecule has 0 aromatic heterocycles. The lowest BCUT2D eigenvalue weighted by Crippen LogP contribution is -2.05. The molecule has 0 bridgehead atoms. The number of aryl methyl sites for hydroxylation is 1. The first kappa shape index (κ1) is 11.6. The maximum absolute atomic E-state index is 10.9. The monoisotopic (exact) mass is 208 g/mol. The quantitative estimate of drug-likeness (QED) is 0.600. The Labute approximate surface area is 89.7 Å². The van der Waals surface area contributed by atoms with E-state index in [1.807, 2.05) is 13.8 Å². The van der Waals surface area contributed by atoms with E-state index < -0.39 is 0 Å². The lowest BCUT2D eigenvalue weighted by atomic mass is 10.00. The zero-order valence-electron chi connectivity index (χ0n) is 9.50. The Hall–Kier alpha value is -1.51. The van der Waals surface area contributed by atoms with E-state index in [-0.39, 0.29) is 17.6 Å². The lowest BCUT2D eigenvalue weighted by Gasteiger charge is -2.13. The molecule has 3 nitrogen and oxygen atoms in total. The van der Waals surface area contributed by atoms with Gasteiger partial charge in [0.1, 0.15) is 11.5 Å². The number of benzene rings is 1. The zero-order valence-corrected chi connectivity index (χ0v) is 9.50. The first-order valence-electron chi connectivity index (χ1n) is 4.93. The molecule has 0 unspecified atom stereocenters. The Morgan fingerprint density at radius 3 is 2.47 bits per heavy atom. The van der Waals surface area contributed by atoms with Gasteiger partial charge in [0.05, 0.1) is 0 Å². The van der Waals surface area contributed by atoms with Crippen LogP contribution in [0.5, 0.6) is 11.5 Å². The first-order valence-corrected chi connectivity index (χ1v) is 4.93. The number of phenolic OH excluding ortho intramolecular Hbond substituents is 1. The number of carbonyl (C=O) groups excluding carboxylic acids is 1. The van der Waals surface area contributed by atoms with Crippen molar-refractivity contribution >= 4 is 5.97 Å². The molecule has 0 radical (unpaired) electrons. The highest BCUT2D eigenvalue weighted by Gasteiger charge is 2.12. The second kappa shape index (κ2) is 4.34. The van der Waals surface area contributed by atoms with Crippen LogP contribution >= 0.6 is 0 Å². The Balaban J connectivity index is 3.21. The summed E-state index contributed by atoms with van der Waals surface area (Å²) in [5.74, 6) is 0.621. The van der Waals surface area contributed by atoms with Gasteiger partial charge in [-0.2, -0.15) is 0 Å². The number of phenols is 1. The van der Waals surface area contributed by atoms with Crippen molar-refractivity contribution in [3.05, 3.63) is 23.3 Å². The van der Waals surface area contributed by atoms with Gasteiger partial charge in [0, 0.05) is 12.5 Å². The summed E-state index contributed by atoms with van der Waals surface area (Å²) >= 11 is 0. The van der Waals surface area contributed by atoms with Gasteiger partial charge in [-0.1, -0.05) is 13.8 Å². The van der Waals surface area contributed by atoms with Gasteiger partial charge in [-0.15, -0.1) is 0 Å². The second-order valence-corrected chi connectivity index (χ2v) is 3.92. The second-order valence-electron chi connectivity index (χ2n) is 3.92. The van der Waals surface area contributed by atoms with Crippen molar-refractivity contribution in [1.82, 2.24) is 0 Å². The van der Waals surface area contributed by atoms with Gasteiger partial charge in [-0.3, -0.25) is 4.79 Å². The van der Waals surface area contributed by atoms with Gasteiger partial charge in [-0.25, -0.2) is 0 Å². The number of hydrogen-bond donors (Lipinski definition) is 1. The first-order chi connectivity index (χ1) is 6.91. The summed E-state index contributed by atoms with van der Waals surface area (Å²) in [5.41, 5.74) is 1.55. The Bertz CT molecular complexity index is 381. The summed E-state index contributed by atoms with van der Waals surface area (Å²) in [7, 11) is 0. The van der Waals surface area contributed by atoms with Crippen molar-refractivity contribution in [2.45, 2.75) is 33.6 Å². The average Bonchev–Trinajstić information content (AvgIpc) is 2.09. The predicted molar refractivity (Wildman–Crippen MR) is 58.2 cm³/mol. The average molecular weight is 208 g/mol. The van der Waals surface area contributed by atoms with Crippen molar-refractivity contribution in [3.8, 4) is 11.5 Å². The maximum Gasteiger partial charge on any atom is 0.308 e. The standard InChI is InChI=1S/C12H16O3/c1-7(2)10-6-11(14)8(3)5-12(10)15-9(4)13/h5-7,14H,1-4H3. The highest BCUT2D eigenvalue weighted by atomic mass is 16.5. The number of esters is 1. The van der Waals surface area contributed by atoms with Gasteiger partial charge in [0.2, 0.25) is 0 Å². The molecule has 82 valence electrons. The number of ether oxygens (including phenoxy) is 1. The van der Waals surface area contributed by atoms with Crippen molar-refractivity contribution in [3.63, 3.8) is 0 Å². The minimum atomic E-state index is -0.345. The van der Waals surface area contributed by atoms with Gasteiger partial charge in [0.15, 0.2) is 0 Å². The molecule has 0 spiro atoms. The van der Waals surface area contributed by atoms with Crippen LogP contribution < -0.4 is 4.74 Å². The van der Waals surface area contributed by atoms with E-state index in [0.29, 0.717) is 11.3 Å². The van der Waals surface area contributed by atoms with E-state index in [2.05, 4.69) is 0 Å². The van der Waals surface area contributed by atoms with E-state index in [0.717, 1.165) is 5.56 Å². The molecule has 0 heterocycles. The van der Waals surface area contributed by atoms with E-state index in [1.165, 1.54) is 6.92 Å². The number of carbonyl (C=O) groups is 1. The molecule has 3 heteroatoms. The van der Waals surface area contributed by atoms with E-state index in [1.54, 1.807) is 19.1 Å². The molecule has 1 aromatic carbocycles. The van der Waals surface area contributed by atoms with Crippen LogP contribution in [0.15, 0.2) is 12.1 Å². The normalized spacial score (nSPS) is 10.5. The van der Waals surface area contributed by atoms with Crippen LogP contribution in [0.2, 0.25) is 0 Å². The minimum absolute atomic E-state index is 0.200. The molecule has 0 aliphatic rings. The molecule has 1 aromatic rings. The van der Waals surface area contributed by atoms with Gasteiger partial charge in [0.25, 0.3) is 0 Å². The third kappa shape index (κ3) is 2.72. The van der Waals surface area contributed by atoms with Crippen molar-refractivity contribution < 1.29 is 14.6 Å². The van der Waals surface area contributed by atoms with Crippen LogP contribution in [0.4, 0.5) is 0 Å².